The highest BCUT2D eigenvalue weighted by molar-refractivity contribution is 5.80. The second-order valence-corrected chi connectivity index (χ2v) is 8.30. The smallest absolute Gasteiger partial charge is 0.410 e. The van der Waals surface area contributed by atoms with Crippen molar-refractivity contribution < 1.29 is 27.8 Å². The van der Waals surface area contributed by atoms with Crippen molar-refractivity contribution in [3.05, 3.63) is 35.9 Å². The van der Waals surface area contributed by atoms with Crippen LogP contribution in [-0.4, -0.2) is 66.6 Å². The molecule has 0 unspecified atom stereocenters. The summed E-state index contributed by atoms with van der Waals surface area (Å²) in [5, 5.41) is 0. The molecule has 0 radical (unpaired) electrons. The van der Waals surface area contributed by atoms with Gasteiger partial charge in [0.1, 0.15) is 6.61 Å². The van der Waals surface area contributed by atoms with Gasteiger partial charge >= 0.3 is 12.1 Å². The van der Waals surface area contributed by atoms with Gasteiger partial charge in [0.2, 0.25) is 0 Å². The first-order valence-corrected chi connectivity index (χ1v) is 10.1. The first kappa shape index (κ1) is 20.1. The Hall–Kier alpha value is -2.22. The molecule has 2 saturated heterocycles. The highest BCUT2D eigenvalue weighted by atomic mass is 19.3. The number of likely N-dealkylation sites (tertiary alicyclic amines) is 2. The number of fused-ring (bicyclic) bond motifs is 1. The van der Waals surface area contributed by atoms with E-state index in [1.807, 2.05) is 35.2 Å². The lowest BCUT2D eigenvalue weighted by atomic mass is 10.0. The standard InChI is InChI=1S/C21H26F2N2O4/c1-2-28-18(26)20(8-9-20)13-24-10-16-17(11-24)25(14-21(16,22)23)19(27)29-12-15-6-4-3-5-7-15/h3-7,16-17H,2,8-14H2,1H3/t16-,17+/m1/s1. The number of carbonyl (C=O) groups excluding carboxylic acids is 2. The van der Waals surface area contributed by atoms with Gasteiger partial charge in [-0.25, -0.2) is 13.6 Å². The Bertz CT molecular complexity index is 769. The lowest BCUT2D eigenvalue weighted by molar-refractivity contribution is -0.150. The van der Waals surface area contributed by atoms with Crippen LogP contribution >= 0.6 is 0 Å². The predicted octanol–water partition coefficient (Wildman–Crippen LogP) is 2.92. The molecule has 2 aliphatic heterocycles. The topological polar surface area (TPSA) is 59.1 Å². The Morgan fingerprint density at radius 2 is 1.86 bits per heavy atom. The number of halogens is 2. The maximum atomic E-state index is 14.6. The Morgan fingerprint density at radius 1 is 1.14 bits per heavy atom. The molecule has 6 nitrogen and oxygen atoms in total. The molecule has 0 N–H and O–H groups in total. The fourth-order valence-electron chi connectivity index (χ4n) is 4.48. The van der Waals surface area contributed by atoms with E-state index < -0.39 is 35.9 Å². The second kappa shape index (κ2) is 7.55. The summed E-state index contributed by atoms with van der Waals surface area (Å²) in [5.74, 6) is -4.15. The van der Waals surface area contributed by atoms with Crippen LogP contribution in [0.25, 0.3) is 0 Å². The zero-order chi connectivity index (χ0) is 20.6. The number of nitrogens with zero attached hydrogens (tertiary/aromatic N) is 2. The van der Waals surface area contributed by atoms with Gasteiger partial charge in [-0.3, -0.25) is 14.6 Å². The van der Waals surface area contributed by atoms with Crippen molar-refractivity contribution in [1.29, 1.82) is 0 Å². The van der Waals surface area contributed by atoms with Crippen LogP contribution in [0.1, 0.15) is 25.3 Å². The highest BCUT2D eigenvalue weighted by Gasteiger charge is 2.61. The Kier molecular flexibility index (Phi) is 5.23. The average Bonchev–Trinajstić information content (AvgIpc) is 3.28. The molecule has 0 bridgehead atoms. The molecule has 29 heavy (non-hydrogen) atoms. The number of esters is 1. The minimum absolute atomic E-state index is 0.0504. The fraction of sp³-hybridized carbons (Fsp3) is 0.619. The third-order valence-electron chi connectivity index (χ3n) is 6.22. The molecule has 2 atom stereocenters. The molecule has 2 heterocycles. The van der Waals surface area contributed by atoms with E-state index in [0.717, 1.165) is 23.3 Å². The SMILES string of the molecule is CCOC(=O)C1(CN2C[C@@H]3[C@H](C2)N(C(=O)OCc2ccccc2)CC3(F)F)CC1. The van der Waals surface area contributed by atoms with E-state index in [1.54, 1.807) is 6.92 Å². The maximum Gasteiger partial charge on any atom is 0.410 e. The molecule has 1 aromatic rings. The van der Waals surface area contributed by atoms with Crippen LogP contribution in [0.15, 0.2) is 30.3 Å². The number of hydrogen-bond donors (Lipinski definition) is 0. The summed E-state index contributed by atoms with van der Waals surface area (Å²) in [5.41, 5.74) is 0.240. The molecule has 8 heteroatoms. The molecule has 1 aromatic carbocycles. The van der Waals surface area contributed by atoms with Gasteiger partial charge in [0.25, 0.3) is 5.92 Å². The van der Waals surface area contributed by atoms with E-state index in [4.69, 9.17) is 9.47 Å². The summed E-state index contributed by atoms with van der Waals surface area (Å²) in [4.78, 5) is 27.8. The first-order chi connectivity index (χ1) is 13.8. The van der Waals surface area contributed by atoms with Gasteiger partial charge in [-0.2, -0.15) is 0 Å². The van der Waals surface area contributed by atoms with Gasteiger partial charge < -0.3 is 9.47 Å². The van der Waals surface area contributed by atoms with Gasteiger partial charge in [-0.05, 0) is 25.3 Å². The minimum Gasteiger partial charge on any atom is -0.466 e. The van der Waals surface area contributed by atoms with Crippen LogP contribution in [0.4, 0.5) is 13.6 Å². The van der Waals surface area contributed by atoms with E-state index in [1.165, 1.54) is 0 Å². The summed E-state index contributed by atoms with van der Waals surface area (Å²) >= 11 is 0. The number of hydrogen-bond acceptors (Lipinski definition) is 5. The van der Waals surface area contributed by atoms with E-state index in [9.17, 15) is 18.4 Å². The molecule has 3 fully saturated rings. The van der Waals surface area contributed by atoms with Crippen LogP contribution in [0, 0.1) is 11.3 Å². The number of rotatable bonds is 6. The van der Waals surface area contributed by atoms with Crippen molar-refractivity contribution in [2.75, 3.05) is 32.8 Å². The van der Waals surface area contributed by atoms with Crippen molar-refractivity contribution >= 4 is 12.1 Å². The lowest BCUT2D eigenvalue weighted by Crippen LogP contribution is -2.42. The number of carbonyl (C=O) groups is 2. The Morgan fingerprint density at radius 3 is 2.52 bits per heavy atom. The van der Waals surface area contributed by atoms with E-state index in [-0.39, 0.29) is 19.1 Å². The number of alkyl halides is 2. The van der Waals surface area contributed by atoms with Gasteiger partial charge in [-0.1, -0.05) is 30.3 Å². The molecule has 0 aromatic heterocycles. The zero-order valence-electron chi connectivity index (χ0n) is 16.5. The van der Waals surface area contributed by atoms with Gasteiger partial charge in [0.15, 0.2) is 0 Å². The summed E-state index contributed by atoms with van der Waals surface area (Å²) in [6, 6.07) is 8.54. The highest BCUT2D eigenvalue weighted by Crippen LogP contribution is 2.50. The molecule has 1 aliphatic carbocycles. The second-order valence-electron chi connectivity index (χ2n) is 8.30. The predicted molar refractivity (Wildman–Crippen MR) is 100 cm³/mol. The van der Waals surface area contributed by atoms with E-state index >= 15 is 0 Å². The molecule has 3 aliphatic rings. The molecule has 1 saturated carbocycles. The monoisotopic (exact) mass is 408 g/mol. The molecule has 0 spiro atoms. The van der Waals surface area contributed by atoms with Crippen LogP contribution in [0.3, 0.4) is 0 Å². The summed E-state index contributed by atoms with van der Waals surface area (Å²) in [7, 11) is 0. The normalized spacial score (nSPS) is 26.8. The first-order valence-electron chi connectivity index (χ1n) is 10.1. The molecular weight excluding hydrogens is 382 g/mol. The third-order valence-corrected chi connectivity index (χ3v) is 6.22. The molecule has 1 amide bonds. The Balaban J connectivity index is 1.39. The molecular formula is C21H26F2N2O4. The van der Waals surface area contributed by atoms with Crippen LogP contribution in [0.2, 0.25) is 0 Å². The van der Waals surface area contributed by atoms with Crippen molar-refractivity contribution in [2.24, 2.45) is 11.3 Å². The van der Waals surface area contributed by atoms with Crippen LogP contribution < -0.4 is 0 Å². The third kappa shape index (κ3) is 3.95. The average molecular weight is 408 g/mol. The quantitative estimate of drug-likeness (QED) is 0.678. The van der Waals surface area contributed by atoms with Gasteiger partial charge in [0, 0.05) is 19.6 Å². The van der Waals surface area contributed by atoms with Gasteiger partial charge in [-0.15, -0.1) is 0 Å². The molecule has 158 valence electrons. The lowest BCUT2D eigenvalue weighted by Gasteiger charge is -2.26. The number of benzene rings is 1. The van der Waals surface area contributed by atoms with Crippen molar-refractivity contribution in [3.8, 4) is 0 Å². The summed E-state index contributed by atoms with van der Waals surface area (Å²) < 4.78 is 39.7. The minimum atomic E-state index is -2.97. The molecule has 4 rings (SSSR count). The van der Waals surface area contributed by atoms with Crippen molar-refractivity contribution in [1.82, 2.24) is 9.80 Å². The largest absolute Gasteiger partial charge is 0.466 e. The summed E-state index contributed by atoms with van der Waals surface area (Å²) in [6.45, 7) is 2.39. The number of amides is 1. The number of ether oxygens (including phenoxy) is 2. The van der Waals surface area contributed by atoms with Gasteiger partial charge in [0.05, 0.1) is 30.5 Å². The van der Waals surface area contributed by atoms with E-state index in [2.05, 4.69) is 0 Å². The summed E-state index contributed by atoms with van der Waals surface area (Å²) in [6.07, 6.45) is 0.725. The maximum absolute atomic E-state index is 14.6. The zero-order valence-corrected chi connectivity index (χ0v) is 16.5. The van der Waals surface area contributed by atoms with E-state index in [0.29, 0.717) is 19.7 Å². The fourth-order valence-corrected chi connectivity index (χ4v) is 4.48. The van der Waals surface area contributed by atoms with Crippen LogP contribution in [0.5, 0.6) is 0 Å². The van der Waals surface area contributed by atoms with Crippen molar-refractivity contribution in [3.63, 3.8) is 0 Å². The Labute approximate surface area is 168 Å². The van der Waals surface area contributed by atoms with Crippen molar-refractivity contribution in [2.45, 2.75) is 38.3 Å². The van der Waals surface area contributed by atoms with Crippen LogP contribution in [-0.2, 0) is 20.9 Å².